The topological polar surface area (TPSA) is 45.4 Å². The predicted molar refractivity (Wildman–Crippen MR) is 76.0 cm³/mol. The number of furan rings is 1. The van der Waals surface area contributed by atoms with Crippen LogP contribution in [0.5, 0.6) is 0 Å². The molecule has 0 fully saturated rings. The van der Waals surface area contributed by atoms with Gasteiger partial charge in [-0.25, -0.2) is 4.39 Å². The van der Waals surface area contributed by atoms with E-state index in [1.807, 2.05) is 25.1 Å². The summed E-state index contributed by atoms with van der Waals surface area (Å²) < 4.78 is 19.0. The van der Waals surface area contributed by atoms with Crippen molar-refractivity contribution in [2.75, 3.05) is 6.61 Å². The molecule has 2 atom stereocenters. The van der Waals surface area contributed by atoms with E-state index in [9.17, 15) is 9.50 Å². The average Bonchev–Trinajstić information content (AvgIpc) is 2.95. The Morgan fingerprint density at radius 1 is 1.30 bits per heavy atom. The lowest BCUT2D eigenvalue weighted by Crippen LogP contribution is -2.27. The molecule has 2 rings (SSSR count). The second-order valence-electron chi connectivity index (χ2n) is 5.11. The highest BCUT2D eigenvalue weighted by Crippen LogP contribution is 2.23. The maximum Gasteiger partial charge on any atom is 0.129 e. The van der Waals surface area contributed by atoms with Gasteiger partial charge >= 0.3 is 0 Å². The number of aliphatic hydroxyl groups is 1. The molecule has 1 aromatic heterocycles. The van der Waals surface area contributed by atoms with Gasteiger partial charge in [-0.15, -0.1) is 0 Å². The zero-order chi connectivity index (χ0) is 14.7. The molecule has 1 heterocycles. The van der Waals surface area contributed by atoms with Crippen molar-refractivity contribution in [3.05, 3.63) is 58.8 Å². The molecule has 0 aliphatic carbocycles. The Kier molecular flexibility index (Phi) is 4.57. The maximum absolute atomic E-state index is 13.7. The largest absolute Gasteiger partial charge is 0.468 e. The monoisotopic (exact) mass is 277 g/mol. The number of aryl methyl sites for hydroxylation is 2. The van der Waals surface area contributed by atoms with Crippen LogP contribution in [-0.2, 0) is 0 Å². The van der Waals surface area contributed by atoms with Gasteiger partial charge in [-0.05, 0) is 49.6 Å². The van der Waals surface area contributed by atoms with Crippen LogP contribution >= 0.6 is 0 Å². The van der Waals surface area contributed by atoms with Crippen molar-refractivity contribution in [1.29, 1.82) is 0 Å². The lowest BCUT2D eigenvalue weighted by Gasteiger charge is -2.21. The molecule has 0 bridgehead atoms. The average molecular weight is 277 g/mol. The molecular formula is C16H20FNO2. The lowest BCUT2D eigenvalue weighted by molar-refractivity contribution is 0.217. The summed E-state index contributed by atoms with van der Waals surface area (Å²) in [6.45, 7) is 5.44. The molecule has 4 heteroatoms. The van der Waals surface area contributed by atoms with Gasteiger partial charge in [0.05, 0.1) is 18.9 Å². The van der Waals surface area contributed by atoms with E-state index in [1.165, 1.54) is 0 Å². The van der Waals surface area contributed by atoms with Crippen LogP contribution in [-0.4, -0.2) is 11.7 Å². The molecule has 0 saturated heterocycles. The van der Waals surface area contributed by atoms with Crippen LogP contribution in [0.15, 0.2) is 34.9 Å². The molecule has 0 aliphatic rings. The smallest absolute Gasteiger partial charge is 0.129 e. The Bertz CT molecular complexity index is 543. The molecule has 3 nitrogen and oxygen atoms in total. The summed E-state index contributed by atoms with van der Waals surface area (Å²) in [5, 5.41) is 12.8. The van der Waals surface area contributed by atoms with Crippen molar-refractivity contribution in [3.63, 3.8) is 0 Å². The Balaban J connectivity index is 2.17. The number of benzene rings is 1. The van der Waals surface area contributed by atoms with Gasteiger partial charge in [0.1, 0.15) is 11.6 Å². The number of hydrogen-bond donors (Lipinski definition) is 2. The normalized spacial score (nSPS) is 14.2. The number of hydrogen-bond acceptors (Lipinski definition) is 3. The number of aliphatic hydroxyl groups excluding tert-OH is 1. The maximum atomic E-state index is 13.7. The van der Waals surface area contributed by atoms with Crippen molar-refractivity contribution in [1.82, 2.24) is 5.32 Å². The van der Waals surface area contributed by atoms with E-state index in [1.54, 1.807) is 26.2 Å². The SMILES string of the molecule is Cc1cc(C(C)NC(CO)c2ccco2)cc(C)c1F. The van der Waals surface area contributed by atoms with E-state index in [2.05, 4.69) is 5.32 Å². The third-order valence-electron chi connectivity index (χ3n) is 3.48. The summed E-state index contributed by atoms with van der Waals surface area (Å²) in [7, 11) is 0. The summed E-state index contributed by atoms with van der Waals surface area (Å²) in [5.41, 5.74) is 2.26. The molecule has 20 heavy (non-hydrogen) atoms. The molecule has 0 aliphatic heterocycles. The van der Waals surface area contributed by atoms with Crippen molar-refractivity contribution in [3.8, 4) is 0 Å². The van der Waals surface area contributed by atoms with Gasteiger partial charge in [0.2, 0.25) is 0 Å². The first kappa shape index (κ1) is 14.8. The van der Waals surface area contributed by atoms with Crippen molar-refractivity contribution in [2.24, 2.45) is 0 Å². The summed E-state index contributed by atoms with van der Waals surface area (Å²) in [6, 6.07) is 6.98. The number of rotatable bonds is 5. The van der Waals surface area contributed by atoms with Gasteiger partial charge < -0.3 is 9.52 Å². The first-order valence-electron chi connectivity index (χ1n) is 6.70. The van der Waals surface area contributed by atoms with Crippen LogP contribution in [0.1, 0.15) is 41.5 Å². The van der Waals surface area contributed by atoms with Crippen LogP contribution in [0.4, 0.5) is 4.39 Å². The minimum absolute atomic E-state index is 0.0183. The van der Waals surface area contributed by atoms with Crippen LogP contribution in [0.2, 0.25) is 0 Å². The van der Waals surface area contributed by atoms with E-state index in [0.717, 1.165) is 5.56 Å². The van der Waals surface area contributed by atoms with Gasteiger partial charge in [0, 0.05) is 6.04 Å². The van der Waals surface area contributed by atoms with E-state index < -0.39 is 0 Å². The first-order valence-corrected chi connectivity index (χ1v) is 6.70. The first-order chi connectivity index (χ1) is 9.52. The van der Waals surface area contributed by atoms with Crippen LogP contribution in [0.25, 0.3) is 0 Å². The second kappa shape index (κ2) is 6.20. The van der Waals surface area contributed by atoms with Crippen LogP contribution < -0.4 is 5.32 Å². The van der Waals surface area contributed by atoms with E-state index in [-0.39, 0.29) is 24.5 Å². The number of halogens is 1. The standard InChI is InChI=1S/C16H20FNO2/c1-10-7-13(8-11(2)16(10)17)12(3)18-14(9-19)15-5-4-6-20-15/h4-8,12,14,18-19H,9H2,1-3H3. The van der Waals surface area contributed by atoms with E-state index in [0.29, 0.717) is 16.9 Å². The van der Waals surface area contributed by atoms with Crippen molar-refractivity contribution < 1.29 is 13.9 Å². The van der Waals surface area contributed by atoms with E-state index in [4.69, 9.17) is 4.42 Å². The summed E-state index contributed by atoms with van der Waals surface area (Å²) in [5.74, 6) is 0.528. The fourth-order valence-corrected chi connectivity index (χ4v) is 2.34. The Morgan fingerprint density at radius 2 is 1.95 bits per heavy atom. The van der Waals surface area contributed by atoms with Crippen LogP contribution in [0, 0.1) is 19.7 Å². The number of nitrogens with one attached hydrogen (secondary N) is 1. The highest BCUT2D eigenvalue weighted by molar-refractivity contribution is 5.32. The Hall–Kier alpha value is -1.65. The van der Waals surface area contributed by atoms with Gasteiger partial charge in [0.25, 0.3) is 0 Å². The highest BCUT2D eigenvalue weighted by atomic mass is 19.1. The fourth-order valence-electron chi connectivity index (χ4n) is 2.34. The second-order valence-corrected chi connectivity index (χ2v) is 5.11. The molecule has 108 valence electrons. The quantitative estimate of drug-likeness (QED) is 0.880. The summed E-state index contributed by atoms with van der Waals surface area (Å²) in [4.78, 5) is 0. The zero-order valence-corrected chi connectivity index (χ0v) is 12.0. The minimum atomic E-state index is -0.273. The van der Waals surface area contributed by atoms with Gasteiger partial charge in [-0.3, -0.25) is 5.32 Å². The lowest BCUT2D eigenvalue weighted by atomic mass is 10.0. The molecule has 0 radical (unpaired) electrons. The fraction of sp³-hybridized carbons (Fsp3) is 0.375. The summed E-state index contributed by atoms with van der Waals surface area (Å²) in [6.07, 6.45) is 1.58. The molecule has 2 N–H and O–H groups in total. The third kappa shape index (κ3) is 3.08. The minimum Gasteiger partial charge on any atom is -0.468 e. The van der Waals surface area contributed by atoms with Gasteiger partial charge in [-0.1, -0.05) is 12.1 Å². The third-order valence-corrected chi connectivity index (χ3v) is 3.48. The zero-order valence-electron chi connectivity index (χ0n) is 12.0. The predicted octanol–water partition coefficient (Wildman–Crippen LogP) is 3.42. The highest BCUT2D eigenvalue weighted by Gasteiger charge is 2.18. The molecule has 2 aromatic rings. The Morgan fingerprint density at radius 3 is 2.45 bits per heavy atom. The van der Waals surface area contributed by atoms with Gasteiger partial charge in [-0.2, -0.15) is 0 Å². The molecule has 0 spiro atoms. The molecular weight excluding hydrogens is 257 g/mol. The molecule has 2 unspecified atom stereocenters. The van der Waals surface area contributed by atoms with E-state index >= 15 is 0 Å². The van der Waals surface area contributed by atoms with Crippen molar-refractivity contribution >= 4 is 0 Å². The van der Waals surface area contributed by atoms with Crippen LogP contribution in [0.3, 0.4) is 0 Å². The Labute approximate surface area is 118 Å². The molecule has 0 saturated carbocycles. The van der Waals surface area contributed by atoms with Gasteiger partial charge in [0.15, 0.2) is 0 Å². The van der Waals surface area contributed by atoms with Crippen molar-refractivity contribution in [2.45, 2.75) is 32.9 Å². The molecule has 0 amide bonds. The molecule has 1 aromatic carbocycles. The summed E-state index contributed by atoms with van der Waals surface area (Å²) >= 11 is 0.